The molecule has 0 saturated heterocycles. The number of rotatable bonds is 10. The molecule has 0 bridgehead atoms. The van der Waals surface area contributed by atoms with Gasteiger partial charge in [0.05, 0.1) is 23.2 Å². The second kappa shape index (κ2) is 11.7. The van der Waals surface area contributed by atoms with Gasteiger partial charge in [0, 0.05) is 19.0 Å². The monoisotopic (exact) mass is 532 g/mol. The molecule has 0 aromatic heterocycles. The molecule has 0 aliphatic rings. The number of alkyl halides is 3. The van der Waals surface area contributed by atoms with E-state index in [0.717, 1.165) is 4.90 Å². The van der Waals surface area contributed by atoms with Crippen LogP contribution in [0.15, 0.2) is 55.1 Å². The highest BCUT2D eigenvalue weighted by molar-refractivity contribution is 6.42. The van der Waals surface area contributed by atoms with Crippen LogP contribution < -0.4 is 10.1 Å². The van der Waals surface area contributed by atoms with E-state index in [0.29, 0.717) is 16.9 Å². The maximum Gasteiger partial charge on any atom is 0.405 e. The van der Waals surface area contributed by atoms with Crippen molar-refractivity contribution in [3.8, 4) is 5.75 Å². The van der Waals surface area contributed by atoms with E-state index in [-0.39, 0.29) is 23.0 Å². The normalized spacial score (nSPS) is 13.9. The van der Waals surface area contributed by atoms with Gasteiger partial charge in [-0.05, 0) is 41.8 Å². The summed E-state index contributed by atoms with van der Waals surface area (Å²) in [6.07, 6.45) is -6.18. The van der Waals surface area contributed by atoms with E-state index >= 15 is 0 Å². The Balaban J connectivity index is 2.78. The van der Waals surface area contributed by atoms with Crippen LogP contribution in [0.1, 0.15) is 30.0 Å². The first kappa shape index (κ1) is 28.3. The Morgan fingerprint density at radius 2 is 1.89 bits per heavy atom. The molecule has 0 spiro atoms. The van der Waals surface area contributed by atoms with Gasteiger partial charge in [-0.15, -0.1) is 6.58 Å². The lowest BCUT2D eigenvalue weighted by atomic mass is 9.68. The number of benzene rings is 2. The molecule has 0 radical (unpaired) electrons. The molecule has 2 amide bonds. The fourth-order valence-corrected chi connectivity index (χ4v) is 4.31. The van der Waals surface area contributed by atoms with E-state index in [1.165, 1.54) is 32.4 Å². The highest BCUT2D eigenvalue weighted by Gasteiger charge is 2.44. The fourth-order valence-electron chi connectivity index (χ4n) is 4.02. The van der Waals surface area contributed by atoms with Crippen molar-refractivity contribution in [3.63, 3.8) is 0 Å². The summed E-state index contributed by atoms with van der Waals surface area (Å²) in [6, 6.07) is 10.1. The molecular formula is C24H25Cl2F3N2O4. The average molecular weight is 533 g/mol. The fraction of sp³-hybridized carbons (Fsp3) is 0.333. The summed E-state index contributed by atoms with van der Waals surface area (Å²) in [4.78, 5) is 25.3. The van der Waals surface area contributed by atoms with Gasteiger partial charge in [0.15, 0.2) is 0 Å². The molecular weight excluding hydrogens is 508 g/mol. The van der Waals surface area contributed by atoms with Gasteiger partial charge in [-0.1, -0.05) is 47.5 Å². The third kappa shape index (κ3) is 7.29. The summed E-state index contributed by atoms with van der Waals surface area (Å²) in [5.41, 5.74) is -0.423. The second-order valence-corrected chi connectivity index (χ2v) is 8.79. The predicted octanol–water partition coefficient (Wildman–Crippen LogP) is 6.24. The van der Waals surface area contributed by atoms with Gasteiger partial charge in [0.2, 0.25) is 5.91 Å². The van der Waals surface area contributed by atoms with Crippen LogP contribution in [0.2, 0.25) is 10.0 Å². The molecule has 2 N–H and O–H groups in total. The number of allylic oxidation sites excluding steroid dienone is 1. The van der Waals surface area contributed by atoms with Crippen molar-refractivity contribution in [2.45, 2.75) is 30.5 Å². The maximum absolute atomic E-state index is 12.9. The van der Waals surface area contributed by atoms with E-state index in [1.807, 2.05) is 0 Å². The molecule has 6 nitrogen and oxygen atoms in total. The minimum absolute atomic E-state index is 0.0662. The van der Waals surface area contributed by atoms with Crippen LogP contribution in [0.3, 0.4) is 0 Å². The van der Waals surface area contributed by atoms with Gasteiger partial charge in [0.1, 0.15) is 12.2 Å². The Bertz CT molecular complexity index is 1080. The number of carboxylic acid groups (broad SMARTS) is 1. The Morgan fingerprint density at radius 1 is 1.20 bits per heavy atom. The van der Waals surface area contributed by atoms with Gasteiger partial charge in [-0.3, -0.25) is 4.79 Å². The molecule has 2 rings (SSSR count). The van der Waals surface area contributed by atoms with Gasteiger partial charge < -0.3 is 20.1 Å². The Hall–Kier alpha value is -2.91. The third-order valence-electron chi connectivity index (χ3n) is 5.55. The van der Waals surface area contributed by atoms with Gasteiger partial charge in [-0.2, -0.15) is 13.2 Å². The lowest BCUT2D eigenvalue weighted by molar-refractivity contribution is -0.161. The van der Waals surface area contributed by atoms with Crippen molar-refractivity contribution < 1.29 is 32.6 Å². The van der Waals surface area contributed by atoms with Crippen molar-refractivity contribution in [2.24, 2.45) is 0 Å². The first-order valence-corrected chi connectivity index (χ1v) is 11.1. The third-order valence-corrected chi connectivity index (χ3v) is 6.29. The molecule has 2 aromatic rings. The summed E-state index contributed by atoms with van der Waals surface area (Å²) in [6.45, 7) is 3.47. The molecule has 2 aromatic carbocycles. The van der Waals surface area contributed by atoms with Crippen LogP contribution in [-0.4, -0.2) is 48.9 Å². The first-order valence-electron chi connectivity index (χ1n) is 10.3. The van der Waals surface area contributed by atoms with E-state index in [9.17, 15) is 27.9 Å². The van der Waals surface area contributed by atoms with Crippen molar-refractivity contribution in [3.05, 3.63) is 76.3 Å². The summed E-state index contributed by atoms with van der Waals surface area (Å²) >= 11 is 12.4. The van der Waals surface area contributed by atoms with Gasteiger partial charge in [-0.25, -0.2) is 4.79 Å². The van der Waals surface area contributed by atoms with Crippen LogP contribution in [0.4, 0.5) is 18.0 Å². The molecule has 0 heterocycles. The van der Waals surface area contributed by atoms with Gasteiger partial charge >= 0.3 is 12.3 Å². The van der Waals surface area contributed by atoms with Crippen LogP contribution >= 0.6 is 23.2 Å². The Kier molecular flexibility index (Phi) is 9.45. The maximum atomic E-state index is 12.9. The zero-order chi connectivity index (χ0) is 26.4. The molecule has 2 atom stereocenters. The predicted molar refractivity (Wildman–Crippen MR) is 128 cm³/mol. The zero-order valence-corrected chi connectivity index (χ0v) is 20.5. The van der Waals surface area contributed by atoms with Crippen LogP contribution in [0.25, 0.3) is 0 Å². The molecule has 190 valence electrons. The number of hydrogen-bond donors (Lipinski definition) is 2. The van der Waals surface area contributed by atoms with E-state index in [1.54, 1.807) is 30.3 Å². The van der Waals surface area contributed by atoms with Gasteiger partial charge in [0.25, 0.3) is 0 Å². The minimum Gasteiger partial charge on any atom is -0.497 e. The Labute approximate surface area is 211 Å². The highest BCUT2D eigenvalue weighted by atomic mass is 35.5. The van der Waals surface area contributed by atoms with Crippen LogP contribution in [-0.2, 0) is 10.2 Å². The molecule has 35 heavy (non-hydrogen) atoms. The van der Waals surface area contributed by atoms with Crippen LogP contribution in [0, 0.1) is 0 Å². The van der Waals surface area contributed by atoms with E-state index < -0.39 is 36.1 Å². The standard InChI is InChI=1S/C24H25Cl2F3N2O4/c1-4-10-23(16-8-9-18(25)19(26)12-16,14-31(2)20(32)13-24(27,28)29)21(30-22(33)34)15-6-5-7-17(11-15)35-3/h4-9,11-12,21,30H,1,10,13-14H2,2-3H3,(H,33,34)/t21?,23-/m1/s1. The SMILES string of the molecule is C=CC[C@@](CN(C)C(=O)CC(F)(F)F)(c1ccc(Cl)c(Cl)c1)C(NC(=O)O)c1cccc(OC)c1. The van der Waals surface area contributed by atoms with E-state index in [2.05, 4.69) is 11.9 Å². The van der Waals surface area contributed by atoms with Crippen molar-refractivity contribution in [1.29, 1.82) is 0 Å². The minimum atomic E-state index is -4.71. The number of carbonyl (C=O) groups excluding carboxylic acids is 1. The molecule has 0 aliphatic carbocycles. The number of likely N-dealkylation sites (N-methyl/N-ethyl adjacent to an activating group) is 1. The lowest BCUT2D eigenvalue weighted by Gasteiger charge is -2.43. The smallest absolute Gasteiger partial charge is 0.405 e. The molecule has 0 saturated carbocycles. The number of nitrogens with one attached hydrogen (secondary N) is 1. The quantitative estimate of drug-likeness (QED) is 0.355. The number of amides is 2. The Morgan fingerprint density at radius 3 is 2.43 bits per heavy atom. The summed E-state index contributed by atoms with van der Waals surface area (Å²) < 4.78 is 44.1. The number of nitrogens with zero attached hydrogens (tertiary/aromatic N) is 1. The largest absolute Gasteiger partial charge is 0.497 e. The summed E-state index contributed by atoms with van der Waals surface area (Å²) in [5, 5.41) is 12.6. The topological polar surface area (TPSA) is 78.9 Å². The molecule has 0 fully saturated rings. The highest BCUT2D eigenvalue weighted by Crippen LogP contribution is 2.44. The number of methoxy groups -OCH3 is 1. The first-order chi connectivity index (χ1) is 16.3. The van der Waals surface area contributed by atoms with Crippen LogP contribution in [0.5, 0.6) is 5.75 Å². The van der Waals surface area contributed by atoms with Crippen molar-refractivity contribution in [1.82, 2.24) is 10.2 Å². The molecule has 0 aliphatic heterocycles. The summed E-state index contributed by atoms with van der Waals surface area (Å²) in [7, 11) is 2.67. The van der Waals surface area contributed by atoms with Crippen molar-refractivity contribution in [2.75, 3.05) is 20.7 Å². The van der Waals surface area contributed by atoms with E-state index in [4.69, 9.17) is 27.9 Å². The van der Waals surface area contributed by atoms with Crippen molar-refractivity contribution >= 4 is 35.2 Å². The zero-order valence-electron chi connectivity index (χ0n) is 19.0. The number of carbonyl (C=O) groups is 2. The average Bonchev–Trinajstić information content (AvgIpc) is 2.77. The number of ether oxygens (including phenoxy) is 1. The number of hydrogen-bond acceptors (Lipinski definition) is 3. The summed E-state index contributed by atoms with van der Waals surface area (Å²) in [5.74, 6) is -0.742. The number of halogens is 5. The molecule has 11 heteroatoms. The lowest BCUT2D eigenvalue weighted by Crippen LogP contribution is -2.51. The second-order valence-electron chi connectivity index (χ2n) is 7.98. The molecule has 1 unspecified atom stereocenters.